The van der Waals surface area contributed by atoms with Crippen LogP contribution in [-0.4, -0.2) is 15.0 Å². The third kappa shape index (κ3) is 4.39. The number of anilines is 3. The Morgan fingerprint density at radius 1 is 0.481 bits per heavy atom. The van der Waals surface area contributed by atoms with E-state index >= 15 is 0 Å². The molecule has 0 saturated carbocycles. The highest BCUT2D eigenvalue weighted by Gasteiger charge is 2.26. The maximum absolute atomic E-state index is 8.78. The van der Waals surface area contributed by atoms with Gasteiger partial charge in [0.25, 0.3) is 0 Å². The van der Waals surface area contributed by atoms with Gasteiger partial charge in [-0.25, -0.2) is 15.0 Å². The van der Waals surface area contributed by atoms with Crippen molar-refractivity contribution in [2.24, 2.45) is 0 Å². The normalized spacial score (nSPS) is 13.5. The lowest BCUT2D eigenvalue weighted by molar-refractivity contribution is 0.669. The minimum atomic E-state index is -0.489. The number of rotatable bonds is 4. The van der Waals surface area contributed by atoms with Crippen LogP contribution in [0.5, 0.6) is 0 Å². The average Bonchev–Trinajstić information content (AvgIpc) is 3.64. The molecule has 5 nitrogen and oxygen atoms in total. The monoisotopic (exact) mass is 669 g/mol. The Balaban J connectivity index is 1.11. The third-order valence-electron chi connectivity index (χ3n) is 9.91. The molecule has 0 atom stereocenters. The Hall–Kier alpha value is -7.11. The lowest BCUT2D eigenvalue weighted by Crippen LogP contribution is -2.15. The van der Waals surface area contributed by atoms with Crippen molar-refractivity contribution in [3.05, 3.63) is 170 Å². The number of aromatic nitrogens is 3. The van der Waals surface area contributed by atoms with Gasteiger partial charge in [-0.15, -0.1) is 0 Å². The van der Waals surface area contributed by atoms with Crippen LogP contribution in [0.2, 0.25) is 0 Å². The van der Waals surface area contributed by atoms with Gasteiger partial charge in [0.1, 0.15) is 11.2 Å². The van der Waals surface area contributed by atoms with E-state index in [1.165, 1.54) is 16.3 Å². The van der Waals surface area contributed by atoms with Gasteiger partial charge in [-0.2, -0.15) is 0 Å². The summed E-state index contributed by atoms with van der Waals surface area (Å²) in [6.07, 6.45) is 0. The summed E-state index contributed by atoms with van der Waals surface area (Å²) in [4.78, 5) is 16.8. The van der Waals surface area contributed by atoms with E-state index in [-0.39, 0.29) is 23.0 Å². The summed E-state index contributed by atoms with van der Waals surface area (Å²) in [6.45, 7) is 0. The summed E-state index contributed by atoms with van der Waals surface area (Å²) in [5.74, 6) is 0.485. The molecule has 0 spiro atoms. The number of para-hydroxylation sites is 2. The zero-order valence-corrected chi connectivity index (χ0v) is 27.5. The summed E-state index contributed by atoms with van der Waals surface area (Å²) < 4.78 is 48.9. The van der Waals surface area contributed by atoms with E-state index in [1.807, 2.05) is 66.7 Å². The molecule has 0 N–H and O–H groups in total. The van der Waals surface area contributed by atoms with Crippen molar-refractivity contribution in [2.75, 3.05) is 4.90 Å². The molecule has 3 heterocycles. The molecule has 0 saturated heterocycles. The van der Waals surface area contributed by atoms with Gasteiger partial charge in [0.05, 0.1) is 23.8 Å². The first kappa shape index (κ1) is 24.1. The van der Waals surface area contributed by atoms with Crippen LogP contribution in [-0.2, 0) is 0 Å². The van der Waals surface area contributed by atoms with E-state index in [0.717, 1.165) is 44.2 Å². The zero-order chi connectivity index (χ0) is 38.5. The fraction of sp³-hybridized carbons (Fsp3) is 0. The van der Waals surface area contributed by atoms with Gasteiger partial charge >= 0.3 is 0 Å². The van der Waals surface area contributed by atoms with E-state index in [1.54, 1.807) is 0 Å². The zero-order valence-electron chi connectivity index (χ0n) is 32.5. The summed E-state index contributed by atoms with van der Waals surface area (Å²) in [5.41, 5.74) is 7.82. The molecule has 0 aliphatic carbocycles. The first-order valence-electron chi connectivity index (χ1n) is 19.5. The van der Waals surface area contributed by atoms with Gasteiger partial charge in [0.2, 0.25) is 0 Å². The Morgan fingerprint density at radius 3 is 1.98 bits per heavy atom. The molecule has 2 aromatic heterocycles. The SMILES string of the molecule is [2H]c1c([2H])c([2H])c(-c2nc(-c3ccc(N4c5cc6ccccc6cc5-c5cccc6cccc4c56)cc3)nc(-c3cccc4c3oc3ccccc34)n2)c([2H])c1[2H]. The number of benzene rings is 8. The van der Waals surface area contributed by atoms with E-state index < -0.39 is 30.2 Å². The lowest BCUT2D eigenvalue weighted by atomic mass is 9.89. The van der Waals surface area contributed by atoms with Crippen molar-refractivity contribution in [2.45, 2.75) is 0 Å². The van der Waals surface area contributed by atoms with Gasteiger partial charge in [-0.05, 0) is 76.3 Å². The molecule has 0 unspecified atom stereocenters. The Labute approximate surface area is 306 Å². The number of fused-ring (bicyclic) bond motifs is 6. The molecule has 52 heavy (non-hydrogen) atoms. The summed E-state index contributed by atoms with van der Waals surface area (Å²) in [7, 11) is 0. The van der Waals surface area contributed by atoms with Crippen molar-refractivity contribution >= 4 is 60.5 Å². The van der Waals surface area contributed by atoms with E-state index in [0.29, 0.717) is 22.3 Å². The Kier molecular flexibility index (Phi) is 5.19. The predicted octanol–water partition coefficient (Wildman–Crippen LogP) is 12.5. The van der Waals surface area contributed by atoms with Gasteiger partial charge in [0.15, 0.2) is 17.5 Å². The smallest absolute Gasteiger partial charge is 0.167 e. The molecular weight excluding hydrogens is 637 g/mol. The first-order chi connectivity index (χ1) is 27.8. The van der Waals surface area contributed by atoms with Gasteiger partial charge < -0.3 is 9.32 Å². The van der Waals surface area contributed by atoms with Gasteiger partial charge in [-0.1, -0.05) is 115 Å². The van der Waals surface area contributed by atoms with Crippen LogP contribution in [0.25, 0.3) is 88.8 Å². The second-order valence-corrected chi connectivity index (χ2v) is 12.9. The lowest BCUT2D eigenvalue weighted by Gasteiger charge is -2.34. The average molecular weight is 670 g/mol. The third-order valence-corrected chi connectivity index (χ3v) is 9.91. The van der Waals surface area contributed by atoms with E-state index in [2.05, 4.69) is 77.7 Å². The molecular formula is C47H28N4O. The molecule has 0 fully saturated rings. The van der Waals surface area contributed by atoms with Crippen molar-refractivity contribution in [1.82, 2.24) is 15.0 Å². The van der Waals surface area contributed by atoms with Gasteiger partial charge in [0, 0.05) is 38.5 Å². The van der Waals surface area contributed by atoms with Crippen LogP contribution in [0.4, 0.5) is 17.1 Å². The quantitative estimate of drug-likeness (QED) is 0.187. The molecule has 242 valence electrons. The number of hydrogen-bond donors (Lipinski definition) is 0. The van der Waals surface area contributed by atoms with Crippen molar-refractivity contribution in [3.63, 3.8) is 0 Å². The maximum atomic E-state index is 8.78. The molecule has 5 heteroatoms. The van der Waals surface area contributed by atoms with Crippen molar-refractivity contribution in [1.29, 1.82) is 0 Å². The van der Waals surface area contributed by atoms with E-state index in [4.69, 9.17) is 26.2 Å². The summed E-state index contributed by atoms with van der Waals surface area (Å²) in [6, 6.07) is 45.0. The minimum absolute atomic E-state index is 0.0377. The standard InChI is InChI=1S/C47H28N4O/c1-2-11-30(12-3-1)45-48-46(50-47(49-45)38-20-10-19-37-35-17-6-7-22-42(35)52-44(37)38)31-23-25-34(26-24-31)51-40-21-9-16-29-15-8-18-36(43(29)40)39-27-32-13-4-5-14-33(32)28-41(39)51/h1-28H/i1D,2D,3D,11D,12D. The highest BCUT2D eigenvalue weighted by atomic mass is 16.3. The molecule has 0 radical (unpaired) electrons. The molecule has 1 aliphatic heterocycles. The Bertz CT molecular complexity index is 3290. The molecule has 0 bridgehead atoms. The summed E-state index contributed by atoms with van der Waals surface area (Å²) >= 11 is 0. The highest BCUT2D eigenvalue weighted by Crippen LogP contribution is 2.52. The predicted molar refractivity (Wildman–Crippen MR) is 212 cm³/mol. The van der Waals surface area contributed by atoms with E-state index in [9.17, 15) is 0 Å². The number of hydrogen-bond acceptors (Lipinski definition) is 5. The summed E-state index contributed by atoms with van der Waals surface area (Å²) in [5, 5.41) is 6.46. The number of nitrogens with zero attached hydrogens (tertiary/aromatic N) is 4. The molecule has 8 aromatic carbocycles. The maximum Gasteiger partial charge on any atom is 0.167 e. The minimum Gasteiger partial charge on any atom is -0.455 e. The second kappa shape index (κ2) is 11.2. The van der Waals surface area contributed by atoms with Crippen LogP contribution >= 0.6 is 0 Å². The topological polar surface area (TPSA) is 55.1 Å². The second-order valence-electron chi connectivity index (χ2n) is 12.9. The molecule has 1 aliphatic rings. The molecule has 10 aromatic rings. The number of furan rings is 1. The molecule has 0 amide bonds. The van der Waals surface area contributed by atoms with Crippen LogP contribution in [0.3, 0.4) is 0 Å². The fourth-order valence-corrected chi connectivity index (χ4v) is 7.55. The highest BCUT2D eigenvalue weighted by molar-refractivity contribution is 6.15. The van der Waals surface area contributed by atoms with Crippen molar-refractivity contribution < 1.29 is 11.3 Å². The largest absolute Gasteiger partial charge is 0.455 e. The van der Waals surface area contributed by atoms with Crippen LogP contribution in [0.15, 0.2) is 174 Å². The molecule has 11 rings (SSSR count). The van der Waals surface area contributed by atoms with Crippen molar-refractivity contribution in [3.8, 4) is 45.3 Å². The van der Waals surface area contributed by atoms with Gasteiger partial charge in [-0.3, -0.25) is 0 Å². The Morgan fingerprint density at radius 2 is 1.13 bits per heavy atom. The first-order valence-corrected chi connectivity index (χ1v) is 17.0. The van der Waals surface area contributed by atoms with Crippen LogP contribution in [0, 0.1) is 0 Å². The van der Waals surface area contributed by atoms with Crippen LogP contribution < -0.4 is 4.90 Å². The van der Waals surface area contributed by atoms with Crippen LogP contribution in [0.1, 0.15) is 6.85 Å². The fourth-order valence-electron chi connectivity index (χ4n) is 7.55.